The number of anilines is 1. The SMILES string of the molecule is C[C@@H]1CN(c2cc(=O)n(C)c3ccc(C#N)nc23)[C@@H](C)CN1Cc1c(F)cc(Cl)cc1F. The quantitative estimate of drug-likeness (QED) is 0.598. The second-order valence-electron chi connectivity index (χ2n) is 8.23. The number of fused-ring (bicyclic) bond motifs is 1. The fourth-order valence-electron chi connectivity index (χ4n) is 4.27. The molecule has 0 saturated carbocycles. The van der Waals surface area contributed by atoms with Gasteiger partial charge in [0.05, 0.1) is 11.2 Å². The van der Waals surface area contributed by atoms with Crippen LogP contribution in [-0.2, 0) is 13.6 Å². The van der Waals surface area contributed by atoms with Crippen LogP contribution < -0.4 is 10.5 Å². The fraction of sp³-hybridized carbons (Fsp3) is 0.348. The van der Waals surface area contributed by atoms with Gasteiger partial charge in [0.15, 0.2) is 0 Å². The van der Waals surface area contributed by atoms with Crippen LogP contribution in [0.25, 0.3) is 11.0 Å². The Balaban J connectivity index is 1.68. The number of aryl methyl sites for hydroxylation is 1. The van der Waals surface area contributed by atoms with E-state index in [1.54, 1.807) is 19.2 Å². The van der Waals surface area contributed by atoms with Crippen molar-refractivity contribution in [1.29, 1.82) is 5.26 Å². The van der Waals surface area contributed by atoms with E-state index < -0.39 is 11.6 Å². The van der Waals surface area contributed by atoms with E-state index in [0.717, 1.165) is 12.1 Å². The van der Waals surface area contributed by atoms with Gasteiger partial charge in [-0.05, 0) is 38.1 Å². The number of rotatable bonds is 3. The average Bonchev–Trinajstić information content (AvgIpc) is 2.75. The summed E-state index contributed by atoms with van der Waals surface area (Å²) in [6.07, 6.45) is 0. The molecule has 0 unspecified atom stereocenters. The fourth-order valence-corrected chi connectivity index (χ4v) is 4.46. The number of benzene rings is 1. The molecule has 1 aliphatic heterocycles. The van der Waals surface area contributed by atoms with Crippen molar-refractivity contribution in [2.75, 3.05) is 18.0 Å². The van der Waals surface area contributed by atoms with Gasteiger partial charge in [0.1, 0.15) is 28.9 Å². The van der Waals surface area contributed by atoms with E-state index in [4.69, 9.17) is 11.6 Å². The molecule has 0 radical (unpaired) electrons. The number of piperazine rings is 1. The molecule has 1 saturated heterocycles. The smallest absolute Gasteiger partial charge is 0.252 e. The van der Waals surface area contributed by atoms with Crippen molar-refractivity contribution < 1.29 is 8.78 Å². The Morgan fingerprint density at radius 1 is 1.16 bits per heavy atom. The summed E-state index contributed by atoms with van der Waals surface area (Å²) in [4.78, 5) is 21.1. The largest absolute Gasteiger partial charge is 0.364 e. The molecule has 0 amide bonds. The van der Waals surface area contributed by atoms with Crippen molar-refractivity contribution in [3.05, 3.63) is 68.6 Å². The number of hydrogen-bond donors (Lipinski definition) is 0. The molecule has 1 fully saturated rings. The maximum Gasteiger partial charge on any atom is 0.252 e. The van der Waals surface area contributed by atoms with Gasteiger partial charge in [-0.1, -0.05) is 11.6 Å². The summed E-state index contributed by atoms with van der Waals surface area (Å²) in [5.74, 6) is -1.33. The van der Waals surface area contributed by atoms with Gasteiger partial charge >= 0.3 is 0 Å². The second-order valence-corrected chi connectivity index (χ2v) is 8.67. The van der Waals surface area contributed by atoms with Gasteiger partial charge in [-0.3, -0.25) is 9.69 Å². The summed E-state index contributed by atoms with van der Waals surface area (Å²) in [6.45, 7) is 5.13. The molecular formula is C23H22ClF2N5O. The molecule has 1 aromatic carbocycles. The summed E-state index contributed by atoms with van der Waals surface area (Å²) in [5.41, 5.74) is 1.95. The predicted octanol–water partition coefficient (Wildman–Crippen LogP) is 3.84. The molecule has 0 N–H and O–H groups in total. The van der Waals surface area contributed by atoms with E-state index >= 15 is 0 Å². The summed E-state index contributed by atoms with van der Waals surface area (Å²) in [7, 11) is 1.67. The maximum atomic E-state index is 14.3. The van der Waals surface area contributed by atoms with Crippen molar-refractivity contribution in [3.8, 4) is 6.07 Å². The Bertz CT molecular complexity index is 1280. The van der Waals surface area contributed by atoms with Gasteiger partial charge in [0.25, 0.3) is 5.56 Å². The second kappa shape index (κ2) is 8.49. The lowest BCUT2D eigenvalue weighted by Gasteiger charge is -2.45. The highest BCUT2D eigenvalue weighted by Gasteiger charge is 2.32. The maximum absolute atomic E-state index is 14.3. The van der Waals surface area contributed by atoms with Gasteiger partial charge < -0.3 is 9.47 Å². The highest BCUT2D eigenvalue weighted by atomic mass is 35.5. The molecule has 6 nitrogen and oxygen atoms in total. The van der Waals surface area contributed by atoms with Crippen molar-refractivity contribution in [2.24, 2.45) is 7.05 Å². The van der Waals surface area contributed by atoms with E-state index in [0.29, 0.717) is 29.8 Å². The molecule has 4 rings (SSSR count). The lowest BCUT2D eigenvalue weighted by molar-refractivity contribution is 0.154. The lowest BCUT2D eigenvalue weighted by Crippen LogP contribution is -2.56. The summed E-state index contributed by atoms with van der Waals surface area (Å²) in [5, 5.41) is 9.31. The van der Waals surface area contributed by atoms with Gasteiger partial charge in [-0.25, -0.2) is 13.8 Å². The molecule has 0 bridgehead atoms. The van der Waals surface area contributed by atoms with E-state index in [9.17, 15) is 18.8 Å². The highest BCUT2D eigenvalue weighted by Crippen LogP contribution is 2.30. The van der Waals surface area contributed by atoms with Crippen LogP contribution in [0.1, 0.15) is 25.1 Å². The summed E-state index contributed by atoms with van der Waals surface area (Å²) >= 11 is 5.74. The first-order chi connectivity index (χ1) is 15.2. The highest BCUT2D eigenvalue weighted by molar-refractivity contribution is 6.30. The number of aromatic nitrogens is 2. The van der Waals surface area contributed by atoms with Crippen LogP contribution >= 0.6 is 11.6 Å². The molecule has 166 valence electrons. The molecule has 32 heavy (non-hydrogen) atoms. The van der Waals surface area contributed by atoms with Crippen LogP contribution in [0.15, 0.2) is 35.1 Å². The van der Waals surface area contributed by atoms with Gasteiger partial charge in [-0.15, -0.1) is 0 Å². The Labute approximate surface area is 189 Å². The average molecular weight is 458 g/mol. The van der Waals surface area contributed by atoms with E-state index in [2.05, 4.69) is 9.88 Å². The molecule has 2 aromatic heterocycles. The van der Waals surface area contributed by atoms with Gasteiger partial charge in [-0.2, -0.15) is 5.26 Å². The Kier molecular flexibility index (Phi) is 5.89. The normalized spacial score (nSPS) is 19.3. The standard InChI is InChI=1S/C23H22ClF2N5O/c1-13-11-31(14(2)10-30(13)12-17-18(25)6-15(24)7-19(17)26)21-8-22(32)29(3)20-5-4-16(9-27)28-23(20)21/h4-8,13-14H,10-12H2,1-3H3/t13-,14+/m1/s1. The molecule has 0 spiro atoms. The van der Waals surface area contributed by atoms with Crippen LogP contribution in [0.2, 0.25) is 5.02 Å². The minimum Gasteiger partial charge on any atom is -0.364 e. The van der Waals surface area contributed by atoms with Gasteiger partial charge in [0, 0.05) is 55.4 Å². The molecule has 3 aromatic rings. The zero-order valence-corrected chi connectivity index (χ0v) is 18.7. The molecular weight excluding hydrogens is 436 g/mol. The van der Waals surface area contributed by atoms with Crippen molar-refractivity contribution in [3.63, 3.8) is 0 Å². The van der Waals surface area contributed by atoms with Crippen LogP contribution in [-0.4, -0.2) is 39.6 Å². The van der Waals surface area contributed by atoms with Crippen LogP contribution in [0.4, 0.5) is 14.5 Å². The molecule has 2 atom stereocenters. The zero-order valence-electron chi connectivity index (χ0n) is 17.9. The Hall–Kier alpha value is -3.02. The van der Waals surface area contributed by atoms with E-state index in [1.165, 1.54) is 10.6 Å². The molecule has 3 heterocycles. The van der Waals surface area contributed by atoms with E-state index in [-0.39, 0.29) is 40.5 Å². The third-order valence-corrected chi connectivity index (χ3v) is 6.29. The number of pyridine rings is 2. The van der Waals surface area contributed by atoms with Crippen molar-refractivity contribution >= 4 is 28.3 Å². The van der Waals surface area contributed by atoms with E-state index in [1.807, 2.05) is 24.8 Å². The minimum atomic E-state index is -0.664. The third-order valence-electron chi connectivity index (χ3n) is 6.07. The lowest BCUT2D eigenvalue weighted by atomic mass is 10.0. The summed E-state index contributed by atoms with van der Waals surface area (Å²) in [6, 6.07) is 9.01. The van der Waals surface area contributed by atoms with Crippen LogP contribution in [0, 0.1) is 23.0 Å². The first-order valence-corrected chi connectivity index (χ1v) is 10.6. The Morgan fingerprint density at radius 3 is 2.50 bits per heavy atom. The first-order valence-electron chi connectivity index (χ1n) is 10.2. The van der Waals surface area contributed by atoms with Crippen molar-refractivity contribution in [2.45, 2.75) is 32.5 Å². The molecule has 9 heteroatoms. The van der Waals surface area contributed by atoms with Crippen molar-refractivity contribution in [1.82, 2.24) is 14.5 Å². The molecule has 0 aliphatic carbocycles. The zero-order chi connectivity index (χ0) is 23.2. The van der Waals surface area contributed by atoms with Gasteiger partial charge in [0.2, 0.25) is 0 Å². The predicted molar refractivity (Wildman–Crippen MR) is 120 cm³/mol. The first kappa shape index (κ1) is 22.2. The number of nitrogens with zero attached hydrogens (tertiary/aromatic N) is 5. The monoisotopic (exact) mass is 457 g/mol. The van der Waals surface area contributed by atoms with Crippen LogP contribution in [0.3, 0.4) is 0 Å². The molecule has 1 aliphatic rings. The number of halogens is 3. The topological polar surface area (TPSA) is 65.2 Å². The van der Waals surface area contributed by atoms with Crippen LogP contribution in [0.5, 0.6) is 0 Å². The Morgan fingerprint density at radius 2 is 1.84 bits per heavy atom. The third kappa shape index (κ3) is 3.94. The number of nitriles is 1. The summed E-state index contributed by atoms with van der Waals surface area (Å²) < 4.78 is 30.2. The minimum absolute atomic E-state index is 0.0127. The number of hydrogen-bond acceptors (Lipinski definition) is 5.